The first-order chi connectivity index (χ1) is 13.0. The minimum atomic E-state index is -3.36. The van der Waals surface area contributed by atoms with Crippen LogP contribution in [0.25, 0.3) is 0 Å². The van der Waals surface area contributed by atoms with Crippen LogP contribution in [0.5, 0.6) is 0 Å². The van der Waals surface area contributed by atoms with Crippen LogP contribution < -0.4 is 0 Å². The number of nitrogens with zero attached hydrogens (tertiary/aromatic N) is 2. The smallest absolute Gasteiger partial charge is 0.235 e. The third kappa shape index (κ3) is 5.34. The summed E-state index contributed by atoms with van der Waals surface area (Å²) in [7, 11) is -3.36. The molecule has 0 bridgehead atoms. The number of thioether (sulfide) groups is 1. The zero-order valence-corrected chi connectivity index (χ0v) is 17.0. The van der Waals surface area contributed by atoms with E-state index in [0.29, 0.717) is 26.2 Å². The lowest BCUT2D eigenvalue weighted by molar-refractivity contribution is -0.131. The number of piperazine rings is 1. The van der Waals surface area contributed by atoms with Gasteiger partial charge in [0, 0.05) is 31.1 Å². The second kappa shape index (κ2) is 8.91. The first kappa shape index (κ1) is 19.9. The van der Waals surface area contributed by atoms with Crippen molar-refractivity contribution in [2.45, 2.75) is 22.8 Å². The van der Waals surface area contributed by atoms with Gasteiger partial charge in [-0.1, -0.05) is 48.5 Å². The van der Waals surface area contributed by atoms with Crippen molar-refractivity contribution in [2.75, 3.05) is 26.2 Å². The number of benzene rings is 2. The molecule has 5 nitrogen and oxygen atoms in total. The minimum Gasteiger partial charge on any atom is -0.339 e. The molecule has 144 valence electrons. The maximum atomic E-state index is 12.7. The van der Waals surface area contributed by atoms with Crippen LogP contribution >= 0.6 is 11.8 Å². The predicted molar refractivity (Wildman–Crippen MR) is 109 cm³/mol. The molecule has 1 amide bonds. The Morgan fingerprint density at radius 3 is 2.11 bits per heavy atom. The largest absolute Gasteiger partial charge is 0.339 e. The first-order valence-corrected chi connectivity index (χ1v) is 11.5. The zero-order chi connectivity index (χ0) is 19.3. The molecular weight excluding hydrogens is 380 g/mol. The molecule has 7 heteroatoms. The van der Waals surface area contributed by atoms with Gasteiger partial charge in [0.05, 0.1) is 11.0 Å². The lowest BCUT2D eigenvalue weighted by Crippen LogP contribution is -2.52. The summed E-state index contributed by atoms with van der Waals surface area (Å²) in [6, 6.07) is 19.0. The van der Waals surface area contributed by atoms with E-state index >= 15 is 0 Å². The van der Waals surface area contributed by atoms with Crippen molar-refractivity contribution in [1.82, 2.24) is 9.21 Å². The number of carbonyl (C=O) groups is 1. The summed E-state index contributed by atoms with van der Waals surface area (Å²) < 4.78 is 26.7. The van der Waals surface area contributed by atoms with Crippen LogP contribution in [0, 0.1) is 0 Å². The number of hydrogen-bond acceptors (Lipinski definition) is 4. The lowest BCUT2D eigenvalue weighted by atomic mass is 10.2. The highest BCUT2D eigenvalue weighted by molar-refractivity contribution is 8.00. The minimum absolute atomic E-state index is 0.00203. The second-order valence-corrected chi connectivity index (χ2v) is 9.92. The van der Waals surface area contributed by atoms with E-state index in [1.54, 1.807) is 4.90 Å². The highest BCUT2D eigenvalue weighted by Crippen LogP contribution is 2.24. The molecule has 1 saturated heterocycles. The number of carbonyl (C=O) groups excluding carboxylic acids is 1. The maximum absolute atomic E-state index is 12.7. The molecule has 0 radical (unpaired) electrons. The normalized spacial score (nSPS) is 16.9. The molecule has 1 atom stereocenters. The maximum Gasteiger partial charge on any atom is 0.235 e. The van der Waals surface area contributed by atoms with E-state index < -0.39 is 10.0 Å². The monoisotopic (exact) mass is 404 g/mol. The average molecular weight is 405 g/mol. The van der Waals surface area contributed by atoms with E-state index in [1.807, 2.05) is 67.6 Å². The molecular formula is C20H24N2O3S2. The summed E-state index contributed by atoms with van der Waals surface area (Å²) in [5.74, 6) is 0.0613. The highest BCUT2D eigenvalue weighted by atomic mass is 32.2. The van der Waals surface area contributed by atoms with Gasteiger partial charge in [-0.2, -0.15) is 4.31 Å². The fourth-order valence-electron chi connectivity index (χ4n) is 3.07. The summed E-state index contributed by atoms with van der Waals surface area (Å²) in [5.41, 5.74) is 0.781. The Labute approximate surface area is 165 Å². The van der Waals surface area contributed by atoms with E-state index in [4.69, 9.17) is 0 Å². The van der Waals surface area contributed by atoms with Crippen LogP contribution in [0.1, 0.15) is 12.5 Å². The van der Waals surface area contributed by atoms with E-state index in [9.17, 15) is 13.2 Å². The zero-order valence-electron chi connectivity index (χ0n) is 15.3. The van der Waals surface area contributed by atoms with Gasteiger partial charge in [0.15, 0.2) is 0 Å². The summed E-state index contributed by atoms with van der Waals surface area (Å²) in [6.45, 7) is 3.48. The molecule has 3 rings (SSSR count). The Hall–Kier alpha value is -1.83. The lowest BCUT2D eigenvalue weighted by Gasteiger charge is -2.35. The molecule has 1 heterocycles. The van der Waals surface area contributed by atoms with Crippen molar-refractivity contribution >= 4 is 27.7 Å². The number of rotatable bonds is 6. The molecule has 1 aliphatic heterocycles. The summed E-state index contributed by atoms with van der Waals surface area (Å²) in [4.78, 5) is 15.5. The van der Waals surface area contributed by atoms with Crippen LogP contribution in [0.15, 0.2) is 65.6 Å². The summed E-state index contributed by atoms with van der Waals surface area (Å²) >= 11 is 1.53. The Balaban J connectivity index is 1.54. The molecule has 0 aliphatic carbocycles. The van der Waals surface area contributed by atoms with Gasteiger partial charge in [0.2, 0.25) is 15.9 Å². The molecule has 0 N–H and O–H groups in total. The third-order valence-electron chi connectivity index (χ3n) is 4.54. The van der Waals surface area contributed by atoms with Crippen molar-refractivity contribution in [2.24, 2.45) is 0 Å². The van der Waals surface area contributed by atoms with Gasteiger partial charge in [-0.25, -0.2) is 8.42 Å². The second-order valence-electron chi connectivity index (χ2n) is 6.54. The van der Waals surface area contributed by atoms with Gasteiger partial charge in [-0.3, -0.25) is 4.79 Å². The first-order valence-electron chi connectivity index (χ1n) is 8.98. The van der Waals surface area contributed by atoms with Gasteiger partial charge in [0.1, 0.15) is 0 Å². The van der Waals surface area contributed by atoms with Crippen LogP contribution in [0.3, 0.4) is 0 Å². The quantitative estimate of drug-likeness (QED) is 0.695. The van der Waals surface area contributed by atoms with Gasteiger partial charge < -0.3 is 4.90 Å². The Bertz CT molecular complexity index is 849. The van der Waals surface area contributed by atoms with Gasteiger partial charge in [-0.15, -0.1) is 11.8 Å². The molecule has 1 fully saturated rings. The van der Waals surface area contributed by atoms with Crippen LogP contribution in [-0.2, 0) is 20.6 Å². The fourth-order valence-corrected chi connectivity index (χ4v) is 5.56. The fraction of sp³-hybridized carbons (Fsp3) is 0.350. The molecule has 2 aromatic carbocycles. The Morgan fingerprint density at radius 1 is 0.963 bits per heavy atom. The number of amides is 1. The summed E-state index contributed by atoms with van der Waals surface area (Å²) in [6.07, 6.45) is 0. The molecule has 27 heavy (non-hydrogen) atoms. The average Bonchev–Trinajstić information content (AvgIpc) is 2.69. The van der Waals surface area contributed by atoms with E-state index in [-0.39, 0.29) is 16.9 Å². The molecule has 0 unspecified atom stereocenters. The standard InChI is InChI=1S/C20H24N2O3S2/c1-17(26-19-10-6-3-7-11-19)20(23)21-12-14-22(15-13-21)27(24,25)16-18-8-4-2-5-9-18/h2-11,17H,12-16H2,1H3/t17-/m0/s1. The van der Waals surface area contributed by atoms with Crippen molar-refractivity contribution < 1.29 is 13.2 Å². The van der Waals surface area contributed by atoms with Crippen LogP contribution in [0.4, 0.5) is 0 Å². The number of hydrogen-bond donors (Lipinski definition) is 0. The molecule has 2 aromatic rings. The molecule has 1 aliphatic rings. The number of sulfonamides is 1. The van der Waals surface area contributed by atoms with E-state index in [1.165, 1.54) is 16.1 Å². The third-order valence-corrected chi connectivity index (χ3v) is 7.49. The molecule has 0 aromatic heterocycles. The predicted octanol–water partition coefficient (Wildman–Crippen LogP) is 2.84. The Kier molecular flexibility index (Phi) is 6.57. The van der Waals surface area contributed by atoms with Crippen molar-refractivity contribution in [3.63, 3.8) is 0 Å². The molecule has 0 spiro atoms. The van der Waals surface area contributed by atoms with Crippen molar-refractivity contribution in [3.05, 3.63) is 66.2 Å². The van der Waals surface area contributed by atoms with Gasteiger partial charge >= 0.3 is 0 Å². The van der Waals surface area contributed by atoms with E-state index in [2.05, 4.69) is 0 Å². The topological polar surface area (TPSA) is 57.7 Å². The molecule has 0 saturated carbocycles. The summed E-state index contributed by atoms with van der Waals surface area (Å²) in [5, 5.41) is -0.195. The highest BCUT2D eigenvalue weighted by Gasteiger charge is 2.30. The Morgan fingerprint density at radius 2 is 1.52 bits per heavy atom. The van der Waals surface area contributed by atoms with E-state index in [0.717, 1.165) is 10.5 Å². The van der Waals surface area contributed by atoms with Gasteiger partial charge in [0.25, 0.3) is 0 Å². The van der Waals surface area contributed by atoms with Crippen LogP contribution in [-0.4, -0.2) is 55.0 Å². The van der Waals surface area contributed by atoms with Crippen LogP contribution in [0.2, 0.25) is 0 Å². The van der Waals surface area contributed by atoms with Crippen molar-refractivity contribution in [3.8, 4) is 0 Å². The van der Waals surface area contributed by atoms with Crippen molar-refractivity contribution in [1.29, 1.82) is 0 Å². The SMILES string of the molecule is C[C@H](Sc1ccccc1)C(=O)N1CCN(S(=O)(=O)Cc2ccccc2)CC1. The van der Waals surface area contributed by atoms with Gasteiger partial charge in [-0.05, 0) is 24.6 Å².